The van der Waals surface area contributed by atoms with Gasteiger partial charge in [0.1, 0.15) is 18.1 Å². The summed E-state index contributed by atoms with van der Waals surface area (Å²) < 4.78 is 7.25. The molecule has 5 nitrogen and oxygen atoms in total. The Morgan fingerprint density at radius 1 is 1.04 bits per heavy atom. The van der Waals surface area contributed by atoms with Crippen LogP contribution < -0.4 is 10.2 Å². The number of rotatable bonds is 6. The molecule has 0 unspecified atom stereocenters. The lowest BCUT2D eigenvalue weighted by atomic mass is 10.2. The monoisotopic (exact) mass is 598 g/mol. The summed E-state index contributed by atoms with van der Waals surface area (Å²) in [7, 11) is 0. The van der Waals surface area contributed by atoms with Crippen molar-refractivity contribution >= 4 is 57.3 Å². The average Bonchev–Trinajstić information content (AvgIpc) is 2.71. The third kappa shape index (κ3) is 5.44. The van der Waals surface area contributed by atoms with Crippen molar-refractivity contribution in [1.82, 2.24) is 5.43 Å². The van der Waals surface area contributed by atoms with E-state index >= 15 is 0 Å². The summed E-state index contributed by atoms with van der Waals surface area (Å²) in [5.41, 5.74) is 4.73. The Balaban J connectivity index is 1.67. The highest BCUT2D eigenvalue weighted by molar-refractivity contribution is 14.1. The molecule has 0 aliphatic heterocycles. The first-order chi connectivity index (χ1) is 13.5. The van der Waals surface area contributed by atoms with E-state index in [0.717, 1.165) is 18.3 Å². The Labute approximate surface area is 190 Å². The van der Waals surface area contributed by atoms with Crippen molar-refractivity contribution in [2.45, 2.75) is 6.61 Å². The van der Waals surface area contributed by atoms with Crippen molar-refractivity contribution < 1.29 is 14.6 Å². The maximum absolute atomic E-state index is 12.5. The van der Waals surface area contributed by atoms with E-state index in [1.165, 1.54) is 6.21 Å². The number of nitrogens with one attached hydrogen (secondary N) is 1. The molecule has 0 fully saturated rings. The highest BCUT2D eigenvalue weighted by Gasteiger charge is 2.11. The number of ether oxygens (including phenoxy) is 1. The van der Waals surface area contributed by atoms with E-state index in [2.05, 4.69) is 10.5 Å². The van der Waals surface area contributed by atoms with Gasteiger partial charge in [0, 0.05) is 0 Å². The van der Waals surface area contributed by atoms with Gasteiger partial charge in [-0.1, -0.05) is 42.5 Å². The van der Waals surface area contributed by atoms with Crippen molar-refractivity contribution in [3.63, 3.8) is 0 Å². The fourth-order valence-corrected chi connectivity index (χ4v) is 4.22. The van der Waals surface area contributed by atoms with Gasteiger partial charge in [0.05, 0.1) is 18.9 Å². The van der Waals surface area contributed by atoms with Gasteiger partial charge in [0.2, 0.25) is 0 Å². The van der Waals surface area contributed by atoms with Crippen molar-refractivity contribution in [2.75, 3.05) is 0 Å². The lowest BCUT2D eigenvalue weighted by molar-refractivity contribution is 0.0950. The molecule has 0 aliphatic rings. The summed E-state index contributed by atoms with van der Waals surface area (Å²) in [6.07, 6.45) is 1.54. The minimum atomic E-state index is -0.358. The Morgan fingerprint density at radius 3 is 2.39 bits per heavy atom. The molecule has 0 aliphatic carbocycles. The standard InChI is InChI=1S/C21H16I2N2O3/c22-17-10-15(11-18(23)20(17)26)12-24-25-21(27)16-8-4-5-9-19(16)28-13-14-6-2-1-3-7-14/h1-12,26H,13H2,(H,25,27)/b24-12+. The van der Waals surface area contributed by atoms with Gasteiger partial charge in [-0.05, 0) is 80.6 Å². The highest BCUT2D eigenvalue weighted by Crippen LogP contribution is 2.26. The molecule has 3 aromatic rings. The van der Waals surface area contributed by atoms with Crippen LogP contribution in [0, 0.1) is 7.14 Å². The summed E-state index contributed by atoms with van der Waals surface area (Å²) >= 11 is 4.10. The average molecular weight is 598 g/mol. The van der Waals surface area contributed by atoms with Gasteiger partial charge < -0.3 is 9.84 Å². The van der Waals surface area contributed by atoms with Gasteiger partial charge in [-0.15, -0.1) is 0 Å². The number of aromatic hydroxyl groups is 1. The topological polar surface area (TPSA) is 70.9 Å². The van der Waals surface area contributed by atoms with Crippen molar-refractivity contribution in [1.29, 1.82) is 0 Å². The second kappa shape index (κ2) is 9.87. The SMILES string of the molecule is O=C(N/N=C/c1cc(I)c(O)c(I)c1)c1ccccc1OCc1ccccc1. The third-order valence-corrected chi connectivity index (χ3v) is 5.43. The maximum Gasteiger partial charge on any atom is 0.275 e. The number of para-hydroxylation sites is 1. The van der Waals surface area contributed by atoms with Crippen LogP contribution in [0.25, 0.3) is 0 Å². The number of halogens is 2. The van der Waals surface area contributed by atoms with Crippen LogP contribution in [0.5, 0.6) is 11.5 Å². The fourth-order valence-electron chi connectivity index (χ4n) is 2.40. The maximum atomic E-state index is 12.5. The zero-order valence-electron chi connectivity index (χ0n) is 14.6. The molecule has 2 N–H and O–H groups in total. The van der Waals surface area contributed by atoms with Crippen LogP contribution in [0.15, 0.2) is 71.8 Å². The molecule has 0 saturated carbocycles. The normalized spacial score (nSPS) is 10.8. The molecule has 0 heterocycles. The van der Waals surface area contributed by atoms with Gasteiger partial charge >= 0.3 is 0 Å². The van der Waals surface area contributed by atoms with Gasteiger partial charge in [-0.25, -0.2) is 5.43 Å². The number of amides is 1. The van der Waals surface area contributed by atoms with Crippen LogP contribution in [0.4, 0.5) is 0 Å². The van der Waals surface area contributed by atoms with Crippen LogP contribution in [-0.4, -0.2) is 17.2 Å². The van der Waals surface area contributed by atoms with Gasteiger partial charge in [-0.2, -0.15) is 5.10 Å². The van der Waals surface area contributed by atoms with E-state index in [0.29, 0.717) is 17.9 Å². The first-order valence-electron chi connectivity index (χ1n) is 8.32. The van der Waals surface area contributed by atoms with Gasteiger partial charge in [-0.3, -0.25) is 4.79 Å². The van der Waals surface area contributed by atoms with E-state index in [1.807, 2.05) is 81.6 Å². The highest BCUT2D eigenvalue weighted by atomic mass is 127. The Hall–Kier alpha value is -2.14. The van der Waals surface area contributed by atoms with Crippen LogP contribution in [0.3, 0.4) is 0 Å². The molecular formula is C21H16I2N2O3. The molecule has 28 heavy (non-hydrogen) atoms. The van der Waals surface area contributed by atoms with E-state index < -0.39 is 0 Å². The van der Waals surface area contributed by atoms with Gasteiger partial charge in [0.15, 0.2) is 0 Å². The fraction of sp³-hybridized carbons (Fsp3) is 0.0476. The molecule has 0 radical (unpaired) electrons. The molecule has 3 aromatic carbocycles. The van der Waals surface area contributed by atoms with Crippen LogP contribution in [0.2, 0.25) is 0 Å². The quantitative estimate of drug-likeness (QED) is 0.240. The second-order valence-electron chi connectivity index (χ2n) is 5.80. The number of hydrogen-bond acceptors (Lipinski definition) is 4. The summed E-state index contributed by atoms with van der Waals surface area (Å²) in [5.74, 6) is 0.378. The Morgan fingerprint density at radius 2 is 1.68 bits per heavy atom. The molecule has 142 valence electrons. The van der Waals surface area contributed by atoms with Gasteiger partial charge in [0.25, 0.3) is 5.91 Å². The number of hydrazone groups is 1. The third-order valence-electron chi connectivity index (χ3n) is 3.79. The molecule has 0 saturated heterocycles. The molecule has 0 spiro atoms. The second-order valence-corrected chi connectivity index (χ2v) is 8.13. The first kappa shape index (κ1) is 20.6. The van der Waals surface area contributed by atoms with Crippen LogP contribution in [-0.2, 0) is 6.61 Å². The molecular weight excluding hydrogens is 582 g/mol. The number of nitrogens with zero attached hydrogens (tertiary/aromatic N) is 1. The van der Waals surface area contributed by atoms with Crippen molar-refractivity contribution in [2.24, 2.45) is 5.10 Å². The molecule has 1 amide bonds. The van der Waals surface area contributed by atoms with Crippen LogP contribution >= 0.6 is 45.2 Å². The van der Waals surface area contributed by atoms with E-state index in [9.17, 15) is 9.90 Å². The van der Waals surface area contributed by atoms with Crippen LogP contribution in [0.1, 0.15) is 21.5 Å². The minimum absolute atomic E-state index is 0.242. The molecule has 0 atom stereocenters. The largest absolute Gasteiger partial charge is 0.506 e. The first-order valence-corrected chi connectivity index (χ1v) is 10.5. The number of phenols is 1. The van der Waals surface area contributed by atoms with Crippen molar-refractivity contribution in [3.8, 4) is 11.5 Å². The lowest BCUT2D eigenvalue weighted by Gasteiger charge is -2.10. The van der Waals surface area contributed by atoms with E-state index in [1.54, 1.807) is 30.3 Å². The molecule has 3 rings (SSSR count). The summed E-state index contributed by atoms with van der Waals surface area (Å²) in [6, 6.07) is 20.4. The number of hydrogen-bond donors (Lipinski definition) is 2. The number of phenolic OH excluding ortho intramolecular Hbond substituents is 1. The number of carbonyl (C=O) groups excluding carboxylic acids is 1. The number of carbonyl (C=O) groups is 1. The summed E-state index contributed by atoms with van der Waals surface area (Å²) in [4.78, 5) is 12.5. The summed E-state index contributed by atoms with van der Waals surface area (Å²) in [6.45, 7) is 0.374. The number of benzene rings is 3. The van der Waals surface area contributed by atoms with Crippen molar-refractivity contribution in [3.05, 3.63) is 90.6 Å². The lowest BCUT2D eigenvalue weighted by Crippen LogP contribution is -2.18. The van der Waals surface area contributed by atoms with E-state index in [4.69, 9.17) is 4.74 Å². The van der Waals surface area contributed by atoms with E-state index in [-0.39, 0.29) is 11.7 Å². The molecule has 0 aromatic heterocycles. The smallest absolute Gasteiger partial charge is 0.275 e. The zero-order valence-corrected chi connectivity index (χ0v) is 18.9. The summed E-state index contributed by atoms with van der Waals surface area (Å²) in [5, 5.41) is 13.8. The molecule has 7 heteroatoms. The predicted octanol–water partition coefficient (Wildman–Crippen LogP) is 4.94. The zero-order chi connectivity index (χ0) is 19.9. The predicted molar refractivity (Wildman–Crippen MR) is 126 cm³/mol. The molecule has 0 bridgehead atoms. The minimum Gasteiger partial charge on any atom is -0.506 e. The Kier molecular flexibility index (Phi) is 7.26. The Bertz CT molecular complexity index is 985.